The molecule has 1 amide bonds. The summed E-state index contributed by atoms with van der Waals surface area (Å²) in [5.41, 5.74) is 2.08. The van der Waals surface area contributed by atoms with Gasteiger partial charge < -0.3 is 5.32 Å². The quantitative estimate of drug-likeness (QED) is 0.537. The van der Waals surface area contributed by atoms with Crippen molar-refractivity contribution < 1.29 is 4.79 Å². The van der Waals surface area contributed by atoms with Crippen molar-refractivity contribution in [3.63, 3.8) is 0 Å². The molecule has 1 saturated heterocycles. The van der Waals surface area contributed by atoms with Crippen molar-refractivity contribution in [3.05, 3.63) is 52.1 Å². The molecule has 2 aromatic heterocycles. The Kier molecular flexibility index (Phi) is 6.53. The average molecular weight is 428 g/mol. The minimum atomic E-state index is -0.0275. The van der Waals surface area contributed by atoms with Crippen LogP contribution in [0.15, 0.2) is 41.8 Å². The predicted molar refractivity (Wildman–Crippen MR) is 120 cm³/mol. The van der Waals surface area contributed by atoms with Gasteiger partial charge in [-0.15, -0.1) is 11.3 Å². The van der Waals surface area contributed by atoms with Crippen LogP contribution < -0.4 is 5.32 Å². The minimum Gasteiger partial charge on any atom is -0.326 e. The lowest BCUT2D eigenvalue weighted by Gasteiger charge is -2.26. The molecule has 1 aliphatic heterocycles. The molecular formula is C21H25N5OS2. The van der Waals surface area contributed by atoms with Gasteiger partial charge in [0, 0.05) is 25.2 Å². The van der Waals surface area contributed by atoms with Crippen molar-refractivity contribution in [2.24, 2.45) is 0 Å². The zero-order valence-electron chi connectivity index (χ0n) is 16.3. The molecule has 0 aliphatic carbocycles. The van der Waals surface area contributed by atoms with Crippen molar-refractivity contribution >= 4 is 35.1 Å². The van der Waals surface area contributed by atoms with Crippen LogP contribution in [0.5, 0.6) is 0 Å². The summed E-state index contributed by atoms with van der Waals surface area (Å²) >= 11 is 6.94. The molecule has 8 heteroatoms. The minimum absolute atomic E-state index is 0.0275. The van der Waals surface area contributed by atoms with Gasteiger partial charge in [0.15, 0.2) is 10.6 Å². The molecule has 0 unspecified atom stereocenters. The highest BCUT2D eigenvalue weighted by Gasteiger charge is 2.13. The van der Waals surface area contributed by atoms with E-state index in [1.807, 2.05) is 34.2 Å². The molecule has 6 nitrogen and oxygen atoms in total. The number of rotatable bonds is 7. The lowest BCUT2D eigenvalue weighted by atomic mass is 10.1. The third kappa shape index (κ3) is 5.20. The number of aromatic nitrogens is 3. The monoisotopic (exact) mass is 427 g/mol. The standard InChI is InChI=1S/C21H25N5OS2/c27-19(9-12-26-20(23-24-21(26)28)18-8-5-13-29-18)22-17-7-4-6-16(14-17)15-25-10-2-1-3-11-25/h4-8,13-14H,1-3,9-12,15H2,(H,22,27)(H,24,28). The highest BCUT2D eigenvalue weighted by molar-refractivity contribution is 7.71. The Bertz CT molecular complexity index is 1000. The van der Waals surface area contributed by atoms with Gasteiger partial charge in [-0.1, -0.05) is 24.6 Å². The number of hydrogen-bond donors (Lipinski definition) is 2. The number of amides is 1. The van der Waals surface area contributed by atoms with E-state index in [4.69, 9.17) is 12.2 Å². The molecular weight excluding hydrogens is 402 g/mol. The van der Waals surface area contributed by atoms with Crippen molar-refractivity contribution in [2.45, 2.75) is 38.8 Å². The second-order valence-electron chi connectivity index (χ2n) is 7.32. The molecule has 0 spiro atoms. The molecule has 29 heavy (non-hydrogen) atoms. The van der Waals surface area contributed by atoms with Crippen LogP contribution >= 0.6 is 23.6 Å². The number of aromatic amines is 1. The third-order valence-electron chi connectivity index (χ3n) is 5.13. The fourth-order valence-electron chi connectivity index (χ4n) is 3.68. The summed E-state index contributed by atoms with van der Waals surface area (Å²) in [6.45, 7) is 3.75. The lowest BCUT2D eigenvalue weighted by Crippen LogP contribution is -2.29. The summed E-state index contributed by atoms with van der Waals surface area (Å²) in [5.74, 6) is 0.752. The molecule has 0 bridgehead atoms. The third-order valence-corrected chi connectivity index (χ3v) is 6.31. The van der Waals surface area contributed by atoms with Gasteiger partial charge in [0.25, 0.3) is 0 Å². The van der Waals surface area contributed by atoms with E-state index in [9.17, 15) is 4.79 Å². The molecule has 0 atom stereocenters. The Labute approximate surface area is 179 Å². The van der Waals surface area contributed by atoms with Gasteiger partial charge in [-0.05, 0) is 67.3 Å². The molecule has 3 heterocycles. The van der Waals surface area contributed by atoms with Gasteiger partial charge in [-0.2, -0.15) is 5.10 Å². The number of anilines is 1. The molecule has 1 fully saturated rings. The topological polar surface area (TPSA) is 66.0 Å². The molecule has 0 saturated carbocycles. The Morgan fingerprint density at radius 3 is 2.86 bits per heavy atom. The Hall–Kier alpha value is -2.29. The van der Waals surface area contributed by atoms with E-state index in [2.05, 4.69) is 32.5 Å². The molecule has 2 N–H and O–H groups in total. The maximum atomic E-state index is 12.5. The number of nitrogens with one attached hydrogen (secondary N) is 2. The van der Waals surface area contributed by atoms with Gasteiger partial charge in [0.05, 0.1) is 4.88 Å². The van der Waals surface area contributed by atoms with Crippen LogP contribution in [0.25, 0.3) is 10.7 Å². The fraction of sp³-hybridized carbons (Fsp3) is 0.381. The van der Waals surface area contributed by atoms with Crippen LogP contribution in [0.4, 0.5) is 5.69 Å². The first-order chi connectivity index (χ1) is 14.2. The predicted octanol–water partition coefficient (Wildman–Crippen LogP) is 4.68. The summed E-state index contributed by atoms with van der Waals surface area (Å²) in [5, 5.41) is 12.2. The molecule has 1 aromatic carbocycles. The highest BCUT2D eigenvalue weighted by atomic mass is 32.1. The van der Waals surface area contributed by atoms with Gasteiger partial charge in [0.1, 0.15) is 0 Å². The van der Waals surface area contributed by atoms with E-state index in [-0.39, 0.29) is 5.91 Å². The SMILES string of the molecule is O=C(CCn1c(-c2cccs2)n[nH]c1=S)Nc1cccc(CN2CCCCC2)c1. The lowest BCUT2D eigenvalue weighted by molar-refractivity contribution is -0.116. The van der Waals surface area contributed by atoms with E-state index in [0.29, 0.717) is 17.7 Å². The van der Waals surface area contributed by atoms with Crippen molar-refractivity contribution in [1.29, 1.82) is 0 Å². The van der Waals surface area contributed by atoms with Crippen LogP contribution in [-0.2, 0) is 17.9 Å². The first-order valence-corrected chi connectivity index (χ1v) is 11.3. The number of nitrogens with zero attached hydrogens (tertiary/aromatic N) is 3. The summed E-state index contributed by atoms with van der Waals surface area (Å²) in [7, 11) is 0. The zero-order valence-corrected chi connectivity index (χ0v) is 17.9. The number of carbonyl (C=O) groups is 1. The summed E-state index contributed by atoms with van der Waals surface area (Å²) in [4.78, 5) is 16.0. The fourth-order valence-corrected chi connectivity index (χ4v) is 4.62. The summed E-state index contributed by atoms with van der Waals surface area (Å²) < 4.78 is 2.41. The summed E-state index contributed by atoms with van der Waals surface area (Å²) in [6, 6.07) is 12.1. The first-order valence-electron chi connectivity index (χ1n) is 9.99. The van der Waals surface area contributed by atoms with Gasteiger partial charge >= 0.3 is 0 Å². The Morgan fingerprint density at radius 2 is 2.07 bits per heavy atom. The largest absolute Gasteiger partial charge is 0.326 e. The molecule has 3 aromatic rings. The van der Waals surface area contributed by atoms with E-state index < -0.39 is 0 Å². The number of H-pyrrole nitrogens is 1. The van der Waals surface area contributed by atoms with Crippen LogP contribution in [0, 0.1) is 4.77 Å². The zero-order chi connectivity index (χ0) is 20.1. The second kappa shape index (κ2) is 9.47. The van der Waals surface area contributed by atoms with Crippen molar-refractivity contribution in [3.8, 4) is 10.7 Å². The van der Waals surface area contributed by atoms with Crippen LogP contribution in [0.3, 0.4) is 0 Å². The van der Waals surface area contributed by atoms with E-state index in [1.54, 1.807) is 11.3 Å². The van der Waals surface area contributed by atoms with Gasteiger partial charge in [-0.25, -0.2) is 0 Å². The number of thiophene rings is 1. The maximum absolute atomic E-state index is 12.5. The maximum Gasteiger partial charge on any atom is 0.226 e. The number of piperidine rings is 1. The van der Waals surface area contributed by atoms with Crippen molar-refractivity contribution in [1.82, 2.24) is 19.7 Å². The first kappa shape index (κ1) is 20.0. The molecule has 152 valence electrons. The number of hydrogen-bond acceptors (Lipinski definition) is 5. The van der Waals surface area contributed by atoms with Crippen LogP contribution in [-0.4, -0.2) is 38.7 Å². The summed E-state index contributed by atoms with van der Waals surface area (Å²) in [6.07, 6.45) is 4.23. The van der Waals surface area contributed by atoms with E-state index in [0.717, 1.165) is 36.0 Å². The van der Waals surface area contributed by atoms with Gasteiger partial charge in [-0.3, -0.25) is 19.4 Å². The Morgan fingerprint density at radius 1 is 1.21 bits per heavy atom. The van der Waals surface area contributed by atoms with Crippen LogP contribution in [0.1, 0.15) is 31.2 Å². The highest BCUT2D eigenvalue weighted by Crippen LogP contribution is 2.23. The molecule has 4 rings (SSSR count). The van der Waals surface area contributed by atoms with Crippen molar-refractivity contribution in [2.75, 3.05) is 18.4 Å². The number of likely N-dealkylation sites (tertiary alicyclic amines) is 1. The number of benzene rings is 1. The van der Waals surface area contributed by atoms with E-state index in [1.165, 1.54) is 24.8 Å². The number of carbonyl (C=O) groups excluding carboxylic acids is 1. The van der Waals surface area contributed by atoms with Crippen LogP contribution in [0.2, 0.25) is 0 Å². The average Bonchev–Trinajstić information content (AvgIpc) is 3.37. The molecule has 0 radical (unpaired) electrons. The van der Waals surface area contributed by atoms with E-state index >= 15 is 0 Å². The molecule has 1 aliphatic rings. The van der Waals surface area contributed by atoms with Gasteiger partial charge in [0.2, 0.25) is 5.91 Å². The normalized spacial score (nSPS) is 14.8. The Balaban J connectivity index is 1.35. The second-order valence-corrected chi connectivity index (χ2v) is 8.65. The smallest absolute Gasteiger partial charge is 0.226 e.